The Kier molecular flexibility index (Phi) is 4.55. The lowest BCUT2D eigenvalue weighted by Crippen LogP contribution is -2.24. The van der Waals surface area contributed by atoms with Gasteiger partial charge in [-0.15, -0.1) is 0 Å². The number of rotatable bonds is 4. The molecule has 4 heteroatoms. The van der Waals surface area contributed by atoms with Crippen molar-refractivity contribution < 1.29 is 20.4 Å². The largest absolute Gasteiger partial charge is 0.394 e. The van der Waals surface area contributed by atoms with Gasteiger partial charge in [0, 0.05) is 6.42 Å². The lowest BCUT2D eigenvalue weighted by Gasteiger charge is -2.14. The number of aliphatic hydroxyl groups is 4. The molecule has 0 saturated heterocycles. The van der Waals surface area contributed by atoms with Crippen molar-refractivity contribution in [3.05, 3.63) is 6.10 Å². The number of hydrogen-bond donors (Lipinski definition) is 4. The molecule has 0 aromatic rings. The van der Waals surface area contributed by atoms with E-state index in [4.69, 9.17) is 20.4 Å². The Bertz CT molecular complexity index is 83.8. The zero-order valence-electron chi connectivity index (χ0n) is 5.86. The second-order valence-corrected chi connectivity index (χ2v) is 2.23. The van der Waals surface area contributed by atoms with E-state index in [9.17, 15) is 0 Å². The SMILES string of the molecule is C[C](O)C(O)CC(O)CO. The van der Waals surface area contributed by atoms with Gasteiger partial charge in [0.2, 0.25) is 0 Å². The highest BCUT2D eigenvalue weighted by Crippen LogP contribution is 2.07. The predicted octanol–water partition coefficient (Wildman–Crippen LogP) is -0.985. The van der Waals surface area contributed by atoms with Crippen LogP contribution in [0.1, 0.15) is 13.3 Å². The maximum Gasteiger partial charge on any atom is 0.119 e. The van der Waals surface area contributed by atoms with Crippen LogP contribution in [-0.4, -0.2) is 39.2 Å². The van der Waals surface area contributed by atoms with Crippen LogP contribution in [0.15, 0.2) is 0 Å². The zero-order chi connectivity index (χ0) is 8.15. The standard InChI is InChI=1S/C6H13O4/c1-4(8)6(10)2-5(9)3-7/h5-10H,2-3H2,1H3. The molecule has 0 spiro atoms. The Morgan fingerprint density at radius 1 is 1.40 bits per heavy atom. The van der Waals surface area contributed by atoms with Crippen molar-refractivity contribution in [2.45, 2.75) is 25.6 Å². The minimum atomic E-state index is -1.04. The Labute approximate surface area is 59.7 Å². The molecule has 0 aromatic carbocycles. The molecule has 2 atom stereocenters. The highest BCUT2D eigenvalue weighted by atomic mass is 16.3. The van der Waals surface area contributed by atoms with Crippen LogP contribution in [0.5, 0.6) is 0 Å². The first kappa shape index (κ1) is 9.84. The molecular weight excluding hydrogens is 136 g/mol. The lowest BCUT2D eigenvalue weighted by molar-refractivity contribution is 0.0227. The molecule has 0 heterocycles. The van der Waals surface area contributed by atoms with Gasteiger partial charge >= 0.3 is 0 Å². The second-order valence-electron chi connectivity index (χ2n) is 2.23. The molecule has 0 bridgehead atoms. The van der Waals surface area contributed by atoms with E-state index >= 15 is 0 Å². The highest BCUT2D eigenvalue weighted by molar-refractivity contribution is 4.80. The topological polar surface area (TPSA) is 80.9 Å². The molecule has 0 aliphatic carbocycles. The summed E-state index contributed by atoms with van der Waals surface area (Å²) in [6, 6.07) is 0. The van der Waals surface area contributed by atoms with Gasteiger partial charge in [0.15, 0.2) is 0 Å². The summed E-state index contributed by atoms with van der Waals surface area (Å²) in [5, 5.41) is 34.6. The van der Waals surface area contributed by atoms with Gasteiger partial charge in [-0.25, -0.2) is 0 Å². The summed E-state index contributed by atoms with van der Waals surface area (Å²) in [7, 11) is 0. The summed E-state index contributed by atoms with van der Waals surface area (Å²) in [5.41, 5.74) is 0. The van der Waals surface area contributed by atoms with Crippen molar-refractivity contribution in [3.63, 3.8) is 0 Å². The van der Waals surface area contributed by atoms with Crippen molar-refractivity contribution in [3.8, 4) is 0 Å². The van der Waals surface area contributed by atoms with Crippen LogP contribution in [0.4, 0.5) is 0 Å². The van der Waals surface area contributed by atoms with E-state index in [2.05, 4.69) is 0 Å². The van der Waals surface area contributed by atoms with Crippen LogP contribution in [-0.2, 0) is 0 Å². The molecule has 0 aliphatic heterocycles. The molecule has 4 nitrogen and oxygen atoms in total. The Hall–Kier alpha value is -0.160. The van der Waals surface area contributed by atoms with Crippen LogP contribution >= 0.6 is 0 Å². The molecule has 2 unspecified atom stereocenters. The fraction of sp³-hybridized carbons (Fsp3) is 0.833. The minimum Gasteiger partial charge on any atom is -0.394 e. The van der Waals surface area contributed by atoms with E-state index in [0.29, 0.717) is 0 Å². The smallest absolute Gasteiger partial charge is 0.119 e. The highest BCUT2D eigenvalue weighted by Gasteiger charge is 2.15. The van der Waals surface area contributed by atoms with Gasteiger partial charge in [-0.2, -0.15) is 0 Å². The van der Waals surface area contributed by atoms with E-state index < -0.39 is 18.8 Å². The first-order chi connectivity index (χ1) is 4.57. The van der Waals surface area contributed by atoms with Crippen LogP contribution < -0.4 is 0 Å². The third-order valence-corrected chi connectivity index (χ3v) is 1.19. The summed E-state index contributed by atoms with van der Waals surface area (Å²) in [5.74, 6) is 0. The second kappa shape index (κ2) is 4.62. The summed E-state index contributed by atoms with van der Waals surface area (Å²) in [6.07, 6.45) is -2.18. The van der Waals surface area contributed by atoms with Crippen LogP contribution in [0.3, 0.4) is 0 Å². The van der Waals surface area contributed by atoms with E-state index in [1.54, 1.807) is 0 Å². The number of aliphatic hydroxyl groups excluding tert-OH is 4. The number of hydrogen-bond acceptors (Lipinski definition) is 4. The summed E-state index contributed by atoms with van der Waals surface area (Å²) >= 11 is 0. The Morgan fingerprint density at radius 2 is 1.90 bits per heavy atom. The van der Waals surface area contributed by atoms with E-state index in [1.807, 2.05) is 0 Å². The first-order valence-electron chi connectivity index (χ1n) is 3.07. The van der Waals surface area contributed by atoms with E-state index in [0.717, 1.165) is 0 Å². The average molecular weight is 149 g/mol. The lowest BCUT2D eigenvalue weighted by atomic mass is 10.1. The molecule has 0 rings (SSSR count). The summed E-state index contributed by atoms with van der Waals surface area (Å²) < 4.78 is 0. The van der Waals surface area contributed by atoms with Gasteiger partial charge < -0.3 is 20.4 Å². The zero-order valence-corrected chi connectivity index (χ0v) is 5.86. The van der Waals surface area contributed by atoms with Crippen LogP contribution in [0.2, 0.25) is 0 Å². The molecule has 0 saturated carbocycles. The molecule has 1 radical (unpaired) electrons. The van der Waals surface area contributed by atoms with Gasteiger partial charge in [0.05, 0.1) is 18.8 Å². The Morgan fingerprint density at radius 3 is 2.20 bits per heavy atom. The third kappa shape index (κ3) is 3.79. The fourth-order valence-electron chi connectivity index (χ4n) is 0.503. The van der Waals surface area contributed by atoms with Crippen molar-refractivity contribution in [1.29, 1.82) is 0 Å². The average Bonchev–Trinajstić information content (AvgIpc) is 1.87. The molecular formula is C6H13O4. The molecule has 0 aliphatic rings. The van der Waals surface area contributed by atoms with Gasteiger partial charge in [-0.05, 0) is 6.92 Å². The predicted molar refractivity (Wildman–Crippen MR) is 34.6 cm³/mol. The molecule has 0 amide bonds. The molecule has 61 valence electrons. The fourth-order valence-corrected chi connectivity index (χ4v) is 0.503. The normalized spacial score (nSPS) is 17.4. The van der Waals surface area contributed by atoms with E-state index in [1.165, 1.54) is 6.92 Å². The summed E-state index contributed by atoms with van der Waals surface area (Å²) in [4.78, 5) is 0. The van der Waals surface area contributed by atoms with Crippen LogP contribution in [0, 0.1) is 6.10 Å². The van der Waals surface area contributed by atoms with Gasteiger partial charge in [-0.1, -0.05) is 0 Å². The first-order valence-corrected chi connectivity index (χ1v) is 3.07. The Balaban J connectivity index is 3.46. The maximum atomic E-state index is 8.87. The van der Waals surface area contributed by atoms with Crippen molar-refractivity contribution >= 4 is 0 Å². The van der Waals surface area contributed by atoms with Crippen LogP contribution in [0.25, 0.3) is 0 Å². The van der Waals surface area contributed by atoms with Crippen molar-refractivity contribution in [1.82, 2.24) is 0 Å². The van der Waals surface area contributed by atoms with E-state index in [-0.39, 0.29) is 12.5 Å². The van der Waals surface area contributed by atoms with Gasteiger partial charge in [0.1, 0.15) is 6.10 Å². The quantitative estimate of drug-likeness (QED) is 0.414. The molecule has 0 aromatic heterocycles. The molecule has 0 fully saturated rings. The van der Waals surface area contributed by atoms with Crippen molar-refractivity contribution in [2.24, 2.45) is 0 Å². The van der Waals surface area contributed by atoms with Gasteiger partial charge in [-0.3, -0.25) is 0 Å². The molecule has 10 heavy (non-hydrogen) atoms. The maximum absolute atomic E-state index is 8.87. The molecule has 4 N–H and O–H groups in total. The summed E-state index contributed by atoms with van der Waals surface area (Å²) in [6.45, 7) is 0.944. The van der Waals surface area contributed by atoms with Gasteiger partial charge in [0.25, 0.3) is 0 Å². The van der Waals surface area contributed by atoms with Crippen molar-refractivity contribution in [2.75, 3.05) is 6.61 Å². The third-order valence-electron chi connectivity index (χ3n) is 1.19. The minimum absolute atomic E-state index is 0.0289. The monoisotopic (exact) mass is 149 g/mol.